The third-order valence-corrected chi connectivity index (χ3v) is 3.65. The summed E-state index contributed by atoms with van der Waals surface area (Å²) < 4.78 is 5.05. The molecule has 8 heteroatoms. The molecule has 2 N–H and O–H groups in total. The van der Waals surface area contributed by atoms with Crippen molar-refractivity contribution in [1.82, 2.24) is 10.2 Å². The molecule has 1 aromatic rings. The molecule has 122 valence electrons. The van der Waals surface area contributed by atoms with Crippen LogP contribution in [0.15, 0.2) is 23.9 Å². The van der Waals surface area contributed by atoms with Crippen molar-refractivity contribution in [1.29, 1.82) is 0 Å². The Morgan fingerprint density at radius 2 is 2.26 bits per heavy atom. The topological polar surface area (TPSA) is 78.9 Å². The maximum atomic E-state index is 12.2. The number of carboxylic acids is 1. The Kier molecular flexibility index (Phi) is 5.57. The lowest BCUT2D eigenvalue weighted by molar-refractivity contribution is -0.139. The molecule has 2 rings (SSSR count). The minimum atomic E-state index is -1.09. The van der Waals surface area contributed by atoms with Crippen LogP contribution in [0.2, 0.25) is 5.02 Å². The lowest BCUT2D eigenvalue weighted by Gasteiger charge is -2.11. The van der Waals surface area contributed by atoms with Crippen molar-refractivity contribution < 1.29 is 19.4 Å². The standard InChI is InChI=1S/C15H15ClN2O4S/c1-2-5-18-14(21)11(17-15(18)23)7-9-3-4-12(10(16)6-9)22-8-13(19)20/h3-4,6-7H,2,5,8H2,1H3,(H,17,23)(H,19,20)/b11-7-. The molecular weight excluding hydrogens is 340 g/mol. The molecule has 23 heavy (non-hydrogen) atoms. The highest BCUT2D eigenvalue weighted by atomic mass is 35.5. The first-order valence-corrected chi connectivity index (χ1v) is 7.69. The van der Waals surface area contributed by atoms with Crippen molar-refractivity contribution in [2.75, 3.05) is 13.2 Å². The zero-order valence-corrected chi connectivity index (χ0v) is 13.9. The smallest absolute Gasteiger partial charge is 0.341 e. The fourth-order valence-corrected chi connectivity index (χ4v) is 2.56. The molecule has 0 atom stereocenters. The summed E-state index contributed by atoms with van der Waals surface area (Å²) in [6, 6.07) is 4.82. The summed E-state index contributed by atoms with van der Waals surface area (Å²) in [7, 11) is 0. The second kappa shape index (κ2) is 7.43. The van der Waals surface area contributed by atoms with Crippen LogP contribution in [-0.2, 0) is 9.59 Å². The van der Waals surface area contributed by atoms with Crippen LogP contribution in [0.3, 0.4) is 0 Å². The molecule has 1 heterocycles. The maximum absolute atomic E-state index is 12.2. The van der Waals surface area contributed by atoms with Crippen molar-refractivity contribution >= 4 is 46.9 Å². The van der Waals surface area contributed by atoms with E-state index < -0.39 is 12.6 Å². The average molecular weight is 355 g/mol. The summed E-state index contributed by atoms with van der Waals surface area (Å²) in [5.74, 6) is -0.998. The van der Waals surface area contributed by atoms with Gasteiger partial charge in [-0.15, -0.1) is 0 Å². The van der Waals surface area contributed by atoms with Gasteiger partial charge in [-0.3, -0.25) is 9.69 Å². The van der Waals surface area contributed by atoms with E-state index in [1.165, 1.54) is 4.90 Å². The lowest BCUT2D eigenvalue weighted by atomic mass is 10.2. The number of carbonyl (C=O) groups is 2. The summed E-state index contributed by atoms with van der Waals surface area (Å²) in [4.78, 5) is 24.2. The number of aliphatic carboxylic acids is 1. The van der Waals surface area contributed by atoms with Crippen LogP contribution < -0.4 is 10.1 Å². The number of ether oxygens (including phenoxy) is 1. The first-order valence-electron chi connectivity index (χ1n) is 6.91. The highest BCUT2D eigenvalue weighted by Gasteiger charge is 2.29. The van der Waals surface area contributed by atoms with Crippen molar-refractivity contribution in [3.8, 4) is 5.75 Å². The number of halogens is 1. The van der Waals surface area contributed by atoms with E-state index in [-0.39, 0.29) is 16.7 Å². The number of nitrogens with one attached hydrogen (secondary N) is 1. The highest BCUT2D eigenvalue weighted by Crippen LogP contribution is 2.27. The molecule has 6 nitrogen and oxygen atoms in total. The van der Waals surface area contributed by atoms with Gasteiger partial charge < -0.3 is 15.2 Å². The van der Waals surface area contributed by atoms with Gasteiger partial charge in [0.05, 0.1) is 5.02 Å². The predicted molar refractivity (Wildman–Crippen MR) is 90.3 cm³/mol. The van der Waals surface area contributed by atoms with Gasteiger partial charge in [0.25, 0.3) is 5.91 Å². The number of thiocarbonyl (C=S) groups is 1. The van der Waals surface area contributed by atoms with Gasteiger partial charge in [0.1, 0.15) is 11.4 Å². The fourth-order valence-electron chi connectivity index (χ4n) is 2.03. The number of carboxylic acid groups (broad SMARTS) is 1. The number of hydrogen-bond acceptors (Lipinski definition) is 4. The van der Waals surface area contributed by atoms with Gasteiger partial charge >= 0.3 is 5.97 Å². The molecule has 0 unspecified atom stereocenters. The summed E-state index contributed by atoms with van der Waals surface area (Å²) in [6.45, 7) is 2.05. The first kappa shape index (κ1) is 17.2. The van der Waals surface area contributed by atoms with Gasteiger partial charge in [-0.2, -0.15) is 0 Å². The van der Waals surface area contributed by atoms with Crippen molar-refractivity contribution in [2.24, 2.45) is 0 Å². The number of amides is 1. The molecule has 1 aromatic carbocycles. The Labute approximate surface area is 143 Å². The number of nitrogens with zero attached hydrogens (tertiary/aromatic N) is 1. The van der Waals surface area contributed by atoms with Gasteiger partial charge in [0.15, 0.2) is 11.7 Å². The SMILES string of the molecule is CCCN1C(=O)/C(=C/c2ccc(OCC(=O)O)c(Cl)c2)NC1=S. The van der Waals surface area contributed by atoms with Crippen LogP contribution in [0.5, 0.6) is 5.75 Å². The Morgan fingerprint density at radius 3 is 2.87 bits per heavy atom. The Balaban J connectivity index is 2.17. The lowest BCUT2D eigenvalue weighted by Crippen LogP contribution is -2.31. The van der Waals surface area contributed by atoms with E-state index in [1.807, 2.05) is 6.92 Å². The Morgan fingerprint density at radius 1 is 1.52 bits per heavy atom. The van der Waals surface area contributed by atoms with E-state index >= 15 is 0 Å². The van der Waals surface area contributed by atoms with Gasteiger partial charge in [0, 0.05) is 6.54 Å². The molecular formula is C15H15ClN2O4S. The van der Waals surface area contributed by atoms with Gasteiger partial charge in [0.2, 0.25) is 0 Å². The van der Waals surface area contributed by atoms with Crippen molar-refractivity contribution in [2.45, 2.75) is 13.3 Å². The molecule has 1 aliphatic heterocycles. The van der Waals surface area contributed by atoms with Gasteiger partial charge in [-0.25, -0.2) is 4.79 Å². The van der Waals surface area contributed by atoms with Crippen LogP contribution in [0.1, 0.15) is 18.9 Å². The minimum Gasteiger partial charge on any atom is -0.480 e. The average Bonchev–Trinajstić information content (AvgIpc) is 2.74. The summed E-state index contributed by atoms with van der Waals surface area (Å²) in [5.41, 5.74) is 1.05. The normalized spacial score (nSPS) is 15.9. The number of hydrogen-bond donors (Lipinski definition) is 2. The molecule has 0 spiro atoms. The molecule has 0 saturated carbocycles. The Hall–Kier alpha value is -2.12. The third kappa shape index (κ3) is 4.20. The molecule has 0 bridgehead atoms. The van der Waals surface area contributed by atoms with E-state index in [2.05, 4.69) is 5.32 Å². The third-order valence-electron chi connectivity index (χ3n) is 3.03. The summed E-state index contributed by atoms with van der Waals surface area (Å²) in [6.07, 6.45) is 2.44. The van der Waals surface area contributed by atoms with E-state index in [9.17, 15) is 9.59 Å². The van der Waals surface area contributed by atoms with E-state index in [0.717, 1.165) is 6.42 Å². The monoisotopic (exact) mass is 354 g/mol. The molecule has 1 amide bonds. The predicted octanol–water partition coefficient (Wildman–Crippen LogP) is 2.27. The largest absolute Gasteiger partial charge is 0.480 e. The molecule has 0 aliphatic carbocycles. The summed E-state index contributed by atoms with van der Waals surface area (Å²) in [5, 5.41) is 12.1. The Bertz CT molecular complexity index is 690. The second-order valence-electron chi connectivity index (χ2n) is 4.82. The molecule has 0 radical (unpaired) electrons. The number of benzene rings is 1. The van der Waals surface area contributed by atoms with E-state index in [0.29, 0.717) is 22.9 Å². The zero-order chi connectivity index (χ0) is 17.0. The molecule has 1 aliphatic rings. The minimum absolute atomic E-state index is 0.181. The zero-order valence-electron chi connectivity index (χ0n) is 12.3. The summed E-state index contributed by atoms with van der Waals surface area (Å²) >= 11 is 11.2. The number of rotatable bonds is 6. The van der Waals surface area contributed by atoms with Crippen LogP contribution in [0, 0.1) is 0 Å². The fraction of sp³-hybridized carbons (Fsp3) is 0.267. The van der Waals surface area contributed by atoms with Crippen LogP contribution in [0.4, 0.5) is 0 Å². The van der Waals surface area contributed by atoms with Crippen LogP contribution >= 0.6 is 23.8 Å². The molecule has 1 fully saturated rings. The molecule has 1 saturated heterocycles. The molecule has 0 aromatic heterocycles. The maximum Gasteiger partial charge on any atom is 0.341 e. The number of carbonyl (C=O) groups excluding carboxylic acids is 1. The second-order valence-corrected chi connectivity index (χ2v) is 5.61. The highest BCUT2D eigenvalue weighted by molar-refractivity contribution is 7.80. The van der Waals surface area contributed by atoms with Crippen molar-refractivity contribution in [3.63, 3.8) is 0 Å². The van der Waals surface area contributed by atoms with E-state index in [1.54, 1.807) is 24.3 Å². The van der Waals surface area contributed by atoms with Gasteiger partial charge in [-0.1, -0.05) is 24.6 Å². The quantitative estimate of drug-likeness (QED) is 0.602. The van der Waals surface area contributed by atoms with Crippen molar-refractivity contribution in [3.05, 3.63) is 34.5 Å². The van der Waals surface area contributed by atoms with Gasteiger partial charge in [-0.05, 0) is 42.4 Å². The first-order chi connectivity index (χ1) is 10.9. The van der Waals surface area contributed by atoms with E-state index in [4.69, 9.17) is 33.7 Å². The van der Waals surface area contributed by atoms with Crippen LogP contribution in [-0.4, -0.2) is 40.1 Å². The van der Waals surface area contributed by atoms with Crippen LogP contribution in [0.25, 0.3) is 6.08 Å².